The molecule has 1 rings (SSSR count). The van der Waals surface area contributed by atoms with E-state index in [1.165, 1.54) is 0 Å². The van der Waals surface area contributed by atoms with Gasteiger partial charge in [-0.25, -0.2) is 4.98 Å². The van der Waals surface area contributed by atoms with E-state index in [1.807, 2.05) is 11.6 Å². The van der Waals surface area contributed by atoms with Crippen molar-refractivity contribution in [3.05, 3.63) is 17.2 Å². The standard InChI is InChI=1S/C12H22ClN3O/c1-10(2)4-6-17-7-5-14-9-12-15-8-11(13)16(12)3/h8,10,14H,4-7,9H2,1-3H3. The fraction of sp³-hybridized carbons (Fsp3) is 0.750. The molecule has 0 aliphatic heterocycles. The molecule has 1 aromatic heterocycles. The lowest BCUT2D eigenvalue weighted by atomic mass is 10.1. The van der Waals surface area contributed by atoms with Crippen molar-refractivity contribution in [2.75, 3.05) is 19.8 Å². The Balaban J connectivity index is 2.03. The summed E-state index contributed by atoms with van der Waals surface area (Å²) >= 11 is 5.89. The van der Waals surface area contributed by atoms with Gasteiger partial charge in [0.2, 0.25) is 0 Å². The number of hydrogen-bond donors (Lipinski definition) is 1. The van der Waals surface area contributed by atoms with Crippen LogP contribution in [0.2, 0.25) is 5.15 Å². The second kappa shape index (κ2) is 7.69. The molecule has 0 bridgehead atoms. The van der Waals surface area contributed by atoms with E-state index in [4.69, 9.17) is 16.3 Å². The molecule has 5 heteroatoms. The molecule has 1 heterocycles. The predicted molar refractivity (Wildman–Crippen MR) is 70.2 cm³/mol. The van der Waals surface area contributed by atoms with Crippen molar-refractivity contribution >= 4 is 11.6 Å². The Morgan fingerprint density at radius 2 is 2.24 bits per heavy atom. The fourth-order valence-corrected chi connectivity index (χ4v) is 1.50. The van der Waals surface area contributed by atoms with Gasteiger partial charge in [-0.3, -0.25) is 0 Å². The molecule has 0 spiro atoms. The van der Waals surface area contributed by atoms with Crippen LogP contribution in [0.5, 0.6) is 0 Å². The Hall–Kier alpha value is -0.580. The van der Waals surface area contributed by atoms with E-state index >= 15 is 0 Å². The van der Waals surface area contributed by atoms with Gasteiger partial charge in [-0.1, -0.05) is 25.4 Å². The lowest BCUT2D eigenvalue weighted by Gasteiger charge is -2.07. The van der Waals surface area contributed by atoms with E-state index in [2.05, 4.69) is 24.1 Å². The van der Waals surface area contributed by atoms with Crippen molar-refractivity contribution < 1.29 is 4.74 Å². The second-order valence-corrected chi connectivity index (χ2v) is 4.92. The van der Waals surface area contributed by atoms with Crippen LogP contribution in [0.15, 0.2) is 6.20 Å². The molecular formula is C12H22ClN3O. The van der Waals surface area contributed by atoms with E-state index in [1.54, 1.807) is 6.20 Å². The number of halogens is 1. The number of nitrogens with zero attached hydrogens (tertiary/aromatic N) is 2. The molecule has 17 heavy (non-hydrogen) atoms. The summed E-state index contributed by atoms with van der Waals surface area (Å²) in [4.78, 5) is 4.20. The zero-order valence-electron chi connectivity index (χ0n) is 10.9. The summed E-state index contributed by atoms with van der Waals surface area (Å²) in [5.41, 5.74) is 0. The normalized spacial score (nSPS) is 11.4. The van der Waals surface area contributed by atoms with Crippen LogP contribution in [-0.4, -0.2) is 29.3 Å². The maximum Gasteiger partial charge on any atom is 0.128 e. The summed E-state index contributed by atoms with van der Waals surface area (Å²) in [7, 11) is 1.91. The first-order valence-electron chi connectivity index (χ1n) is 6.05. The average Bonchev–Trinajstić information content (AvgIpc) is 2.59. The third-order valence-corrected chi connectivity index (χ3v) is 2.92. The Kier molecular flexibility index (Phi) is 6.55. The Morgan fingerprint density at radius 3 is 2.82 bits per heavy atom. The highest BCUT2D eigenvalue weighted by molar-refractivity contribution is 6.29. The SMILES string of the molecule is CC(C)CCOCCNCc1ncc(Cl)n1C. The van der Waals surface area contributed by atoms with Gasteiger partial charge in [-0.2, -0.15) is 0 Å². The Morgan fingerprint density at radius 1 is 1.47 bits per heavy atom. The molecule has 0 unspecified atom stereocenters. The molecule has 1 N–H and O–H groups in total. The second-order valence-electron chi connectivity index (χ2n) is 4.53. The maximum atomic E-state index is 5.89. The summed E-state index contributed by atoms with van der Waals surface area (Å²) in [6, 6.07) is 0. The minimum Gasteiger partial charge on any atom is -0.380 e. The van der Waals surface area contributed by atoms with Crippen molar-refractivity contribution in [1.29, 1.82) is 0 Å². The number of ether oxygens (including phenoxy) is 1. The fourth-order valence-electron chi connectivity index (χ4n) is 1.35. The molecule has 0 aliphatic rings. The third-order valence-electron chi connectivity index (χ3n) is 2.57. The van der Waals surface area contributed by atoms with Crippen LogP contribution in [0.3, 0.4) is 0 Å². The first-order valence-corrected chi connectivity index (χ1v) is 6.43. The number of imidazole rings is 1. The van der Waals surface area contributed by atoms with E-state index in [9.17, 15) is 0 Å². The van der Waals surface area contributed by atoms with Gasteiger partial charge in [-0.15, -0.1) is 0 Å². The van der Waals surface area contributed by atoms with Crippen LogP contribution in [0.4, 0.5) is 0 Å². The maximum absolute atomic E-state index is 5.89. The zero-order valence-corrected chi connectivity index (χ0v) is 11.6. The lowest BCUT2D eigenvalue weighted by molar-refractivity contribution is 0.125. The monoisotopic (exact) mass is 259 g/mol. The number of nitrogens with one attached hydrogen (secondary N) is 1. The molecule has 98 valence electrons. The van der Waals surface area contributed by atoms with Crippen LogP contribution in [0, 0.1) is 5.92 Å². The molecule has 0 aromatic carbocycles. The van der Waals surface area contributed by atoms with E-state index in [-0.39, 0.29) is 0 Å². The van der Waals surface area contributed by atoms with Crippen LogP contribution in [0.25, 0.3) is 0 Å². The van der Waals surface area contributed by atoms with Crippen molar-refractivity contribution in [3.63, 3.8) is 0 Å². The van der Waals surface area contributed by atoms with Gasteiger partial charge in [0.05, 0.1) is 19.3 Å². The number of aromatic nitrogens is 2. The molecule has 0 amide bonds. The van der Waals surface area contributed by atoms with Crippen LogP contribution in [0.1, 0.15) is 26.1 Å². The molecule has 0 aliphatic carbocycles. The van der Waals surface area contributed by atoms with Gasteiger partial charge in [-0.05, 0) is 12.3 Å². The van der Waals surface area contributed by atoms with E-state index in [0.717, 1.165) is 38.5 Å². The predicted octanol–water partition coefficient (Wildman–Crippen LogP) is 2.23. The Bertz CT molecular complexity index is 326. The van der Waals surface area contributed by atoms with Gasteiger partial charge in [0.15, 0.2) is 0 Å². The van der Waals surface area contributed by atoms with Gasteiger partial charge < -0.3 is 14.6 Å². The molecule has 0 atom stereocenters. The largest absolute Gasteiger partial charge is 0.380 e. The van der Waals surface area contributed by atoms with E-state index < -0.39 is 0 Å². The molecule has 0 fully saturated rings. The zero-order chi connectivity index (χ0) is 12.7. The van der Waals surface area contributed by atoms with Gasteiger partial charge in [0.25, 0.3) is 0 Å². The van der Waals surface area contributed by atoms with E-state index in [0.29, 0.717) is 11.1 Å². The van der Waals surface area contributed by atoms with Crippen LogP contribution < -0.4 is 5.32 Å². The molecule has 4 nitrogen and oxygen atoms in total. The van der Waals surface area contributed by atoms with Crippen molar-refractivity contribution in [3.8, 4) is 0 Å². The summed E-state index contributed by atoms with van der Waals surface area (Å²) in [5, 5.41) is 3.94. The summed E-state index contributed by atoms with van der Waals surface area (Å²) < 4.78 is 7.37. The highest BCUT2D eigenvalue weighted by Gasteiger charge is 2.02. The summed E-state index contributed by atoms with van der Waals surface area (Å²) in [5.74, 6) is 1.65. The van der Waals surface area contributed by atoms with Crippen molar-refractivity contribution in [2.24, 2.45) is 13.0 Å². The summed E-state index contributed by atoms with van der Waals surface area (Å²) in [6.45, 7) is 7.54. The van der Waals surface area contributed by atoms with Gasteiger partial charge in [0, 0.05) is 20.2 Å². The minimum atomic E-state index is 0.662. The number of hydrogen-bond acceptors (Lipinski definition) is 3. The van der Waals surface area contributed by atoms with Gasteiger partial charge in [0.1, 0.15) is 11.0 Å². The van der Waals surface area contributed by atoms with Crippen LogP contribution >= 0.6 is 11.6 Å². The first-order chi connectivity index (χ1) is 8.11. The van der Waals surface area contributed by atoms with Crippen molar-refractivity contribution in [1.82, 2.24) is 14.9 Å². The quantitative estimate of drug-likeness (QED) is 0.728. The van der Waals surface area contributed by atoms with Gasteiger partial charge >= 0.3 is 0 Å². The van der Waals surface area contributed by atoms with Crippen molar-refractivity contribution in [2.45, 2.75) is 26.8 Å². The number of rotatable bonds is 8. The average molecular weight is 260 g/mol. The molecular weight excluding hydrogens is 238 g/mol. The Labute approximate surface area is 108 Å². The summed E-state index contributed by atoms with van der Waals surface area (Å²) in [6.07, 6.45) is 2.78. The highest BCUT2D eigenvalue weighted by atomic mass is 35.5. The highest BCUT2D eigenvalue weighted by Crippen LogP contribution is 2.08. The molecule has 1 aromatic rings. The smallest absolute Gasteiger partial charge is 0.128 e. The minimum absolute atomic E-state index is 0.662. The topological polar surface area (TPSA) is 39.1 Å². The molecule has 0 saturated carbocycles. The lowest BCUT2D eigenvalue weighted by Crippen LogP contribution is -2.21. The third kappa shape index (κ3) is 5.52. The molecule has 0 radical (unpaired) electrons. The first kappa shape index (κ1) is 14.5. The molecule has 0 saturated heterocycles. The van der Waals surface area contributed by atoms with Crippen LogP contribution in [-0.2, 0) is 18.3 Å².